The Labute approximate surface area is 349 Å². The number of hydrogen-bond acceptors (Lipinski definition) is 0. The largest absolute Gasteiger partial charge is 0.0843 e. The summed E-state index contributed by atoms with van der Waals surface area (Å²) in [5.41, 5.74) is 20.9. The van der Waals surface area contributed by atoms with Gasteiger partial charge in [-0.05, 0) is 180 Å². The van der Waals surface area contributed by atoms with E-state index in [-0.39, 0.29) is 10.8 Å². The fourth-order valence-electron chi connectivity index (χ4n) is 9.02. The van der Waals surface area contributed by atoms with Crippen LogP contribution in [0.15, 0.2) is 139 Å². The molecule has 0 atom stereocenters. The molecule has 0 saturated heterocycles. The second kappa shape index (κ2) is 15.1. The summed E-state index contributed by atoms with van der Waals surface area (Å²) in [7, 11) is 0. The first-order chi connectivity index (χ1) is 27.2. The maximum atomic E-state index is 6.50. The number of benzene rings is 6. The fraction of sp³-hybridized carbons (Fsp3) is 0.236. The van der Waals surface area contributed by atoms with E-state index in [1.54, 1.807) is 0 Å². The minimum atomic E-state index is -0.155. The van der Waals surface area contributed by atoms with Gasteiger partial charge in [-0.2, -0.15) is 0 Å². The van der Waals surface area contributed by atoms with Crippen LogP contribution >= 0.6 is 23.2 Å². The second-order valence-electron chi connectivity index (χ2n) is 18.1. The van der Waals surface area contributed by atoms with Crippen molar-refractivity contribution in [1.29, 1.82) is 0 Å². The topological polar surface area (TPSA) is 0 Å². The third-order valence-electron chi connectivity index (χ3n) is 11.9. The van der Waals surface area contributed by atoms with Gasteiger partial charge in [0.1, 0.15) is 0 Å². The van der Waals surface area contributed by atoms with Crippen LogP contribution in [0, 0.1) is 13.8 Å². The van der Waals surface area contributed by atoms with E-state index >= 15 is 0 Å². The summed E-state index contributed by atoms with van der Waals surface area (Å²) in [6, 6.07) is 42.4. The number of aryl methyl sites for hydroxylation is 2. The lowest BCUT2D eigenvalue weighted by Crippen LogP contribution is -2.36. The van der Waals surface area contributed by atoms with E-state index in [1.807, 2.05) is 24.3 Å². The van der Waals surface area contributed by atoms with E-state index in [2.05, 4.69) is 165 Å². The third-order valence-corrected chi connectivity index (χ3v) is 12.4. The lowest BCUT2D eigenvalue weighted by atomic mass is 9.76. The van der Waals surface area contributed by atoms with Gasteiger partial charge in [0.05, 0.1) is 0 Å². The van der Waals surface area contributed by atoms with E-state index in [0.29, 0.717) is 0 Å². The molecule has 0 spiro atoms. The van der Waals surface area contributed by atoms with Gasteiger partial charge in [-0.3, -0.25) is 0 Å². The third kappa shape index (κ3) is 7.51. The summed E-state index contributed by atoms with van der Waals surface area (Å²) >= 11 is 13.0. The van der Waals surface area contributed by atoms with Gasteiger partial charge in [0.2, 0.25) is 0 Å². The van der Waals surface area contributed by atoms with E-state index < -0.39 is 0 Å². The zero-order valence-electron chi connectivity index (χ0n) is 34.6. The maximum absolute atomic E-state index is 6.50. The summed E-state index contributed by atoms with van der Waals surface area (Å²) in [5.74, 6) is 0. The predicted octanol–water partition coefficient (Wildman–Crippen LogP) is 14.2. The Morgan fingerprint density at radius 1 is 0.544 bits per heavy atom. The van der Waals surface area contributed by atoms with E-state index in [9.17, 15) is 0 Å². The molecule has 8 rings (SSSR count). The lowest BCUT2D eigenvalue weighted by Gasteiger charge is -2.28. The fourth-order valence-corrected chi connectivity index (χ4v) is 9.27. The Balaban J connectivity index is 1.63. The van der Waals surface area contributed by atoms with Crippen molar-refractivity contribution in [2.75, 3.05) is 0 Å². The first-order valence-corrected chi connectivity index (χ1v) is 21.0. The van der Waals surface area contributed by atoms with Crippen molar-refractivity contribution in [2.24, 2.45) is 0 Å². The van der Waals surface area contributed by atoms with Gasteiger partial charge in [-0.15, -0.1) is 0 Å². The first-order valence-electron chi connectivity index (χ1n) is 20.3. The minimum Gasteiger partial charge on any atom is -0.0843 e. The lowest BCUT2D eigenvalue weighted by molar-refractivity contribution is 0.590. The van der Waals surface area contributed by atoms with Crippen molar-refractivity contribution < 1.29 is 0 Å². The first kappa shape index (κ1) is 39.0. The molecule has 2 aliphatic rings. The molecule has 2 heteroatoms. The Kier molecular flexibility index (Phi) is 10.3. The molecule has 0 aromatic heterocycles. The molecule has 0 fully saturated rings. The molecular formula is C55H52Cl2. The van der Waals surface area contributed by atoms with Crippen LogP contribution in [0.4, 0.5) is 0 Å². The second-order valence-corrected chi connectivity index (χ2v) is 19.0. The van der Waals surface area contributed by atoms with Gasteiger partial charge >= 0.3 is 0 Å². The van der Waals surface area contributed by atoms with Crippen molar-refractivity contribution in [2.45, 2.75) is 85.5 Å². The molecule has 0 N–H and O–H groups in total. The Hall–Kier alpha value is -4.88. The van der Waals surface area contributed by atoms with Gasteiger partial charge in [0.15, 0.2) is 0 Å². The zero-order chi connectivity index (χ0) is 40.2. The summed E-state index contributed by atoms with van der Waals surface area (Å²) < 4.78 is 0. The Morgan fingerprint density at radius 2 is 1.07 bits per heavy atom. The zero-order valence-corrected chi connectivity index (χ0v) is 36.1. The average molecular weight is 784 g/mol. The van der Waals surface area contributed by atoms with Gasteiger partial charge in [-0.25, -0.2) is 0 Å². The van der Waals surface area contributed by atoms with Crippen molar-refractivity contribution in [3.05, 3.63) is 198 Å². The number of halogens is 2. The summed E-state index contributed by atoms with van der Waals surface area (Å²) in [6.07, 6.45) is 9.36. The standard InChI is InChI=1S/C55H52Cl2/c1-34-15-9-13-19-42(34)45-31-46-44(32-48(45)54(3,4)5)47-33-49(55(6,7)8)52(43-20-14-10-16-35(43)2)51(53(47)50(46)38-17-11-12-18-38)39(29-36-21-25-40(56)26-22-36)30-37-23-27-41(57)28-24-37/h9-17,19-28,31-33H,18,29-30H2,1-8H3. The van der Waals surface area contributed by atoms with Crippen LogP contribution in [0.5, 0.6) is 0 Å². The highest BCUT2D eigenvalue weighted by Gasteiger charge is 2.33. The van der Waals surface area contributed by atoms with Gasteiger partial charge in [-0.1, -0.05) is 161 Å². The number of rotatable bonds is 7. The Morgan fingerprint density at radius 3 is 1.58 bits per heavy atom. The molecule has 0 bridgehead atoms. The molecule has 0 unspecified atom stereocenters. The van der Waals surface area contributed by atoms with Crippen molar-refractivity contribution in [3.8, 4) is 33.4 Å². The van der Waals surface area contributed by atoms with Crippen LogP contribution in [0.1, 0.15) is 86.9 Å². The van der Waals surface area contributed by atoms with E-state index in [1.165, 1.54) is 99.5 Å². The summed E-state index contributed by atoms with van der Waals surface area (Å²) in [6.45, 7) is 18.7. The highest BCUT2D eigenvalue weighted by molar-refractivity contribution is 6.30. The van der Waals surface area contributed by atoms with Crippen molar-refractivity contribution in [1.82, 2.24) is 0 Å². The summed E-state index contributed by atoms with van der Waals surface area (Å²) in [4.78, 5) is 0. The summed E-state index contributed by atoms with van der Waals surface area (Å²) in [5, 5.41) is 4.21. The minimum absolute atomic E-state index is 0.0824. The molecule has 2 aliphatic carbocycles. The normalized spacial score (nSPS) is 13.5. The monoisotopic (exact) mass is 782 g/mol. The SMILES string of the molecule is Cc1ccccc1-c1cc2c(cc1C(C)(C)C)-c1cc(C(C)(C)C)c(-c3ccccc3C)c(=C(Cc3ccc(Cl)cc3)Cc3ccc(Cl)cc3)c1=C2C1=CC=CC1. The van der Waals surface area contributed by atoms with Crippen LogP contribution in [0.25, 0.3) is 44.5 Å². The molecular weight excluding hydrogens is 732 g/mol. The highest BCUT2D eigenvalue weighted by atomic mass is 35.5. The molecule has 0 nitrogen and oxygen atoms in total. The van der Waals surface area contributed by atoms with E-state index in [0.717, 1.165) is 29.3 Å². The smallest absolute Gasteiger partial charge is 0.0406 e. The van der Waals surface area contributed by atoms with Gasteiger partial charge in [0, 0.05) is 10.0 Å². The number of allylic oxidation sites excluding steroid dienone is 4. The molecule has 0 saturated carbocycles. The highest BCUT2D eigenvalue weighted by Crippen LogP contribution is 2.46. The van der Waals surface area contributed by atoms with Crippen molar-refractivity contribution in [3.63, 3.8) is 0 Å². The van der Waals surface area contributed by atoms with Crippen molar-refractivity contribution >= 4 is 34.3 Å². The maximum Gasteiger partial charge on any atom is 0.0406 e. The van der Waals surface area contributed by atoms with Crippen LogP contribution < -0.4 is 10.4 Å². The molecule has 0 amide bonds. The molecule has 0 aliphatic heterocycles. The molecule has 57 heavy (non-hydrogen) atoms. The Bertz CT molecular complexity index is 2670. The van der Waals surface area contributed by atoms with E-state index in [4.69, 9.17) is 23.2 Å². The van der Waals surface area contributed by atoms with Crippen LogP contribution in [0.2, 0.25) is 10.0 Å². The number of fused-ring (bicyclic) bond motifs is 3. The van der Waals surface area contributed by atoms with Crippen LogP contribution in [-0.4, -0.2) is 0 Å². The molecule has 0 radical (unpaired) electrons. The van der Waals surface area contributed by atoms with Gasteiger partial charge < -0.3 is 0 Å². The average Bonchev–Trinajstić information content (AvgIpc) is 3.81. The molecule has 6 aromatic rings. The molecule has 286 valence electrons. The predicted molar refractivity (Wildman–Crippen MR) is 247 cm³/mol. The molecule has 6 aromatic carbocycles. The molecule has 0 heterocycles. The van der Waals surface area contributed by atoms with Gasteiger partial charge in [0.25, 0.3) is 0 Å². The quantitative estimate of drug-likeness (QED) is 0.151. The van der Waals surface area contributed by atoms with Crippen LogP contribution in [0.3, 0.4) is 0 Å². The number of hydrogen-bond donors (Lipinski definition) is 0. The van der Waals surface area contributed by atoms with Crippen LogP contribution in [-0.2, 0) is 23.7 Å².